The molecule has 0 rings (SSSR count). The molecule has 0 spiro atoms. The van der Waals surface area contributed by atoms with Crippen LogP contribution < -0.4 is 0 Å². The van der Waals surface area contributed by atoms with E-state index in [4.69, 9.17) is 9.47 Å². The first kappa shape index (κ1) is 13.8. The number of rotatable bonds is 9. The summed E-state index contributed by atoms with van der Waals surface area (Å²) < 4.78 is 10.0. The minimum absolute atomic E-state index is 0.247. The molecule has 0 bridgehead atoms. The predicted molar refractivity (Wildman–Crippen MR) is 56.5 cm³/mol. The molecule has 0 aliphatic rings. The zero-order chi connectivity index (χ0) is 10.8. The van der Waals surface area contributed by atoms with E-state index in [1.807, 2.05) is 6.92 Å². The van der Waals surface area contributed by atoms with Gasteiger partial charge in [0.15, 0.2) is 0 Å². The molecule has 0 saturated carbocycles. The van der Waals surface area contributed by atoms with Crippen LogP contribution in [-0.2, 0) is 9.47 Å². The molecule has 0 radical (unpaired) electrons. The number of nitrogens with zero attached hydrogens (tertiary/aromatic N) is 1. The highest BCUT2D eigenvalue weighted by Crippen LogP contribution is 1.96. The SMILES string of the molecule is CCC(O)CN(CCOC)CCOC. The third kappa shape index (κ3) is 7.26. The van der Waals surface area contributed by atoms with Crippen molar-refractivity contribution in [2.45, 2.75) is 19.4 Å². The van der Waals surface area contributed by atoms with Crippen LogP contribution in [0.25, 0.3) is 0 Å². The maximum Gasteiger partial charge on any atom is 0.0664 e. The van der Waals surface area contributed by atoms with Crippen molar-refractivity contribution in [3.63, 3.8) is 0 Å². The summed E-state index contributed by atoms with van der Waals surface area (Å²) in [4.78, 5) is 2.15. The summed E-state index contributed by atoms with van der Waals surface area (Å²) in [6.07, 6.45) is 0.542. The summed E-state index contributed by atoms with van der Waals surface area (Å²) in [5.41, 5.74) is 0. The smallest absolute Gasteiger partial charge is 0.0664 e. The van der Waals surface area contributed by atoms with E-state index in [2.05, 4.69) is 4.90 Å². The molecule has 0 amide bonds. The van der Waals surface area contributed by atoms with Gasteiger partial charge >= 0.3 is 0 Å². The first-order chi connectivity index (χ1) is 6.74. The lowest BCUT2D eigenvalue weighted by molar-refractivity contribution is 0.0684. The summed E-state index contributed by atoms with van der Waals surface area (Å²) in [7, 11) is 3.37. The summed E-state index contributed by atoms with van der Waals surface area (Å²) in [5, 5.41) is 9.50. The van der Waals surface area contributed by atoms with Gasteiger partial charge < -0.3 is 14.6 Å². The lowest BCUT2D eigenvalue weighted by Gasteiger charge is -2.23. The number of ether oxygens (including phenoxy) is 2. The van der Waals surface area contributed by atoms with Gasteiger partial charge in [0.25, 0.3) is 0 Å². The Morgan fingerprint density at radius 1 is 1.14 bits per heavy atom. The highest BCUT2D eigenvalue weighted by atomic mass is 16.5. The molecule has 1 unspecified atom stereocenters. The number of methoxy groups -OCH3 is 2. The van der Waals surface area contributed by atoms with E-state index in [0.29, 0.717) is 19.8 Å². The van der Waals surface area contributed by atoms with E-state index in [-0.39, 0.29) is 6.10 Å². The van der Waals surface area contributed by atoms with Crippen molar-refractivity contribution in [2.75, 3.05) is 47.1 Å². The monoisotopic (exact) mass is 205 g/mol. The Labute approximate surface area is 86.8 Å². The van der Waals surface area contributed by atoms with Crippen LogP contribution in [0.3, 0.4) is 0 Å². The Morgan fingerprint density at radius 2 is 1.64 bits per heavy atom. The van der Waals surface area contributed by atoms with Crippen LogP contribution in [0.15, 0.2) is 0 Å². The highest BCUT2D eigenvalue weighted by molar-refractivity contribution is 4.63. The molecule has 0 aromatic carbocycles. The summed E-state index contributed by atoms with van der Waals surface area (Å²) in [6.45, 7) is 5.76. The van der Waals surface area contributed by atoms with Gasteiger partial charge in [0.05, 0.1) is 19.3 Å². The topological polar surface area (TPSA) is 41.9 Å². The van der Waals surface area contributed by atoms with Gasteiger partial charge in [0, 0.05) is 33.9 Å². The molecule has 86 valence electrons. The van der Waals surface area contributed by atoms with Crippen molar-refractivity contribution in [3.05, 3.63) is 0 Å². The lowest BCUT2D eigenvalue weighted by atomic mass is 10.2. The third-order valence-corrected chi connectivity index (χ3v) is 2.16. The molecule has 0 aromatic rings. The first-order valence-electron chi connectivity index (χ1n) is 5.12. The molecule has 1 atom stereocenters. The Hall–Kier alpha value is -0.160. The molecule has 0 aliphatic carbocycles. The summed E-state index contributed by atoms with van der Waals surface area (Å²) >= 11 is 0. The van der Waals surface area contributed by atoms with Crippen molar-refractivity contribution in [3.8, 4) is 0 Å². The maximum atomic E-state index is 9.50. The fourth-order valence-electron chi connectivity index (χ4n) is 1.16. The number of hydrogen-bond donors (Lipinski definition) is 1. The molecule has 14 heavy (non-hydrogen) atoms. The van der Waals surface area contributed by atoms with Gasteiger partial charge in [-0.05, 0) is 6.42 Å². The molecule has 4 heteroatoms. The van der Waals surface area contributed by atoms with Crippen LogP contribution in [-0.4, -0.2) is 63.2 Å². The quantitative estimate of drug-likeness (QED) is 0.590. The van der Waals surface area contributed by atoms with Crippen LogP contribution >= 0.6 is 0 Å². The van der Waals surface area contributed by atoms with Gasteiger partial charge in [-0.15, -0.1) is 0 Å². The second-order valence-electron chi connectivity index (χ2n) is 3.35. The van der Waals surface area contributed by atoms with Gasteiger partial charge in [0.1, 0.15) is 0 Å². The lowest BCUT2D eigenvalue weighted by Crippen LogP contribution is -2.36. The molecular weight excluding hydrogens is 182 g/mol. The Balaban J connectivity index is 3.71. The van der Waals surface area contributed by atoms with Gasteiger partial charge in [-0.1, -0.05) is 6.92 Å². The fraction of sp³-hybridized carbons (Fsp3) is 1.00. The summed E-state index contributed by atoms with van der Waals surface area (Å²) in [5.74, 6) is 0. The van der Waals surface area contributed by atoms with Crippen molar-refractivity contribution < 1.29 is 14.6 Å². The van der Waals surface area contributed by atoms with E-state index in [1.54, 1.807) is 14.2 Å². The minimum Gasteiger partial charge on any atom is -0.392 e. The normalized spacial score (nSPS) is 13.5. The largest absolute Gasteiger partial charge is 0.392 e. The van der Waals surface area contributed by atoms with E-state index < -0.39 is 0 Å². The van der Waals surface area contributed by atoms with Gasteiger partial charge in [0.2, 0.25) is 0 Å². The zero-order valence-corrected chi connectivity index (χ0v) is 9.53. The van der Waals surface area contributed by atoms with Crippen LogP contribution in [0.4, 0.5) is 0 Å². The van der Waals surface area contributed by atoms with Crippen molar-refractivity contribution in [2.24, 2.45) is 0 Å². The maximum absolute atomic E-state index is 9.50. The second-order valence-corrected chi connectivity index (χ2v) is 3.35. The Morgan fingerprint density at radius 3 is 2.00 bits per heavy atom. The van der Waals surface area contributed by atoms with Crippen LogP contribution in [0.2, 0.25) is 0 Å². The fourth-order valence-corrected chi connectivity index (χ4v) is 1.16. The molecule has 0 aromatic heterocycles. The van der Waals surface area contributed by atoms with Gasteiger partial charge in [-0.2, -0.15) is 0 Å². The second kappa shape index (κ2) is 9.40. The predicted octanol–water partition coefficient (Wildman–Crippen LogP) is 0.352. The number of hydrogen-bond acceptors (Lipinski definition) is 4. The average molecular weight is 205 g/mol. The molecule has 0 fully saturated rings. The van der Waals surface area contributed by atoms with Crippen molar-refractivity contribution >= 4 is 0 Å². The van der Waals surface area contributed by atoms with Crippen molar-refractivity contribution in [1.29, 1.82) is 0 Å². The number of aliphatic hydroxyl groups is 1. The standard InChI is InChI=1S/C10H23NO3/c1-4-10(12)9-11(5-7-13-2)6-8-14-3/h10,12H,4-9H2,1-3H3. The first-order valence-corrected chi connectivity index (χ1v) is 5.12. The molecule has 4 nitrogen and oxygen atoms in total. The molecule has 0 saturated heterocycles. The summed E-state index contributed by atoms with van der Waals surface area (Å²) in [6, 6.07) is 0. The van der Waals surface area contributed by atoms with E-state index >= 15 is 0 Å². The van der Waals surface area contributed by atoms with Crippen molar-refractivity contribution in [1.82, 2.24) is 4.90 Å². The van der Waals surface area contributed by atoms with E-state index in [1.165, 1.54) is 0 Å². The Kier molecular flexibility index (Phi) is 9.29. The average Bonchev–Trinajstić information content (AvgIpc) is 2.21. The minimum atomic E-state index is -0.247. The van der Waals surface area contributed by atoms with E-state index in [0.717, 1.165) is 19.5 Å². The Bertz CT molecular complexity index is 114. The van der Waals surface area contributed by atoms with Gasteiger partial charge in [-0.25, -0.2) is 0 Å². The number of aliphatic hydroxyl groups excluding tert-OH is 1. The highest BCUT2D eigenvalue weighted by Gasteiger charge is 2.09. The zero-order valence-electron chi connectivity index (χ0n) is 9.53. The third-order valence-electron chi connectivity index (χ3n) is 2.16. The molecule has 0 heterocycles. The molecular formula is C10H23NO3. The molecule has 0 aliphatic heterocycles. The van der Waals surface area contributed by atoms with E-state index in [9.17, 15) is 5.11 Å². The van der Waals surface area contributed by atoms with Crippen LogP contribution in [0.1, 0.15) is 13.3 Å². The van der Waals surface area contributed by atoms with Gasteiger partial charge in [-0.3, -0.25) is 4.90 Å². The van der Waals surface area contributed by atoms with Crippen LogP contribution in [0.5, 0.6) is 0 Å². The van der Waals surface area contributed by atoms with Crippen LogP contribution in [0, 0.1) is 0 Å². The molecule has 1 N–H and O–H groups in total.